The van der Waals surface area contributed by atoms with Crippen molar-refractivity contribution in [1.82, 2.24) is 0 Å². The summed E-state index contributed by atoms with van der Waals surface area (Å²) >= 11 is 0. The van der Waals surface area contributed by atoms with Crippen molar-refractivity contribution in [2.24, 2.45) is 29.1 Å². The first-order chi connectivity index (χ1) is 24.2. The number of phenolic OH excluding ortho intramolecular Hbond substituents is 1. The molecule has 8 rings (SSSR count). The van der Waals surface area contributed by atoms with Gasteiger partial charge < -0.3 is 9.84 Å². The monoisotopic (exact) mass is 664 g/mol. The third-order valence-corrected chi connectivity index (χ3v) is 11.2. The summed E-state index contributed by atoms with van der Waals surface area (Å²) in [6.07, 6.45) is 4.22. The number of benzene rings is 4. The molecule has 0 aromatic heterocycles. The topological polar surface area (TPSA) is 104 Å². The minimum atomic E-state index is -1.27. The van der Waals surface area contributed by atoms with Gasteiger partial charge in [0.25, 0.3) is 0 Å². The SMILES string of the molecule is C=Cc1ccc(N2C(=O)[C@H]3[C@H](CC=C4[C@H]3C[C@H]3C(=O)N(c5ccccc5)C(=O)[C@@]3(C)[C@H]4c3ccc(OCc4ccccc4)cc3O)C2=O)cc1. The van der Waals surface area contributed by atoms with E-state index in [-0.39, 0.29) is 35.8 Å². The minimum Gasteiger partial charge on any atom is -0.508 e. The van der Waals surface area contributed by atoms with E-state index in [0.29, 0.717) is 35.7 Å². The van der Waals surface area contributed by atoms with Gasteiger partial charge in [-0.05, 0) is 67.1 Å². The predicted octanol–water partition coefficient (Wildman–Crippen LogP) is 7.05. The number of amides is 4. The smallest absolute Gasteiger partial charge is 0.241 e. The van der Waals surface area contributed by atoms with Gasteiger partial charge in [0, 0.05) is 17.5 Å². The quantitative estimate of drug-likeness (QED) is 0.168. The highest BCUT2D eigenvalue weighted by Crippen LogP contribution is 2.64. The third-order valence-electron chi connectivity index (χ3n) is 11.2. The molecule has 2 aliphatic carbocycles. The van der Waals surface area contributed by atoms with Gasteiger partial charge in [-0.3, -0.25) is 24.1 Å². The van der Waals surface area contributed by atoms with E-state index in [1.165, 1.54) is 9.80 Å². The van der Waals surface area contributed by atoms with Gasteiger partial charge in [0.15, 0.2) is 0 Å². The molecule has 0 unspecified atom stereocenters. The number of phenols is 1. The maximum Gasteiger partial charge on any atom is 0.241 e. The van der Waals surface area contributed by atoms with Crippen LogP contribution in [0.3, 0.4) is 0 Å². The summed E-state index contributed by atoms with van der Waals surface area (Å²) in [5, 5.41) is 11.7. The van der Waals surface area contributed by atoms with Crippen LogP contribution in [-0.2, 0) is 25.8 Å². The Labute approximate surface area is 290 Å². The van der Waals surface area contributed by atoms with Crippen molar-refractivity contribution < 1.29 is 29.0 Å². The summed E-state index contributed by atoms with van der Waals surface area (Å²) in [7, 11) is 0. The number of imide groups is 2. The lowest BCUT2D eigenvalue weighted by Gasteiger charge is -2.49. The maximum atomic E-state index is 14.6. The molecule has 2 heterocycles. The Morgan fingerprint density at radius 1 is 0.820 bits per heavy atom. The largest absolute Gasteiger partial charge is 0.508 e. The van der Waals surface area contributed by atoms with E-state index >= 15 is 0 Å². The number of anilines is 2. The fourth-order valence-electron chi connectivity index (χ4n) is 8.79. The average molecular weight is 665 g/mol. The van der Waals surface area contributed by atoms with Crippen molar-refractivity contribution in [3.05, 3.63) is 138 Å². The number of nitrogens with zero attached hydrogens (tertiary/aromatic N) is 2. The Morgan fingerprint density at radius 2 is 1.50 bits per heavy atom. The molecule has 4 aliphatic rings. The second kappa shape index (κ2) is 12.0. The van der Waals surface area contributed by atoms with Crippen LogP contribution in [0, 0.1) is 29.1 Å². The molecule has 50 heavy (non-hydrogen) atoms. The van der Waals surface area contributed by atoms with Gasteiger partial charge in [-0.2, -0.15) is 0 Å². The van der Waals surface area contributed by atoms with Gasteiger partial charge >= 0.3 is 0 Å². The zero-order valence-corrected chi connectivity index (χ0v) is 27.6. The molecule has 4 aromatic rings. The third kappa shape index (κ3) is 4.73. The van der Waals surface area contributed by atoms with E-state index < -0.39 is 35.0 Å². The number of aromatic hydroxyl groups is 1. The molecule has 1 N–H and O–H groups in total. The van der Waals surface area contributed by atoms with E-state index in [1.54, 1.807) is 60.7 Å². The van der Waals surface area contributed by atoms with Crippen LogP contribution in [0.25, 0.3) is 6.08 Å². The number of ether oxygens (including phenoxy) is 1. The Kier molecular flexibility index (Phi) is 7.55. The number of fused-ring (bicyclic) bond motifs is 4. The van der Waals surface area contributed by atoms with Gasteiger partial charge in [0.2, 0.25) is 23.6 Å². The molecule has 4 aromatic carbocycles. The number of carbonyl (C=O) groups excluding carboxylic acids is 4. The molecule has 0 radical (unpaired) electrons. The molecule has 8 nitrogen and oxygen atoms in total. The zero-order chi connectivity index (χ0) is 34.7. The highest BCUT2D eigenvalue weighted by molar-refractivity contribution is 6.25. The Balaban J connectivity index is 1.21. The predicted molar refractivity (Wildman–Crippen MR) is 189 cm³/mol. The number of carbonyl (C=O) groups is 4. The number of hydrogen-bond donors (Lipinski definition) is 1. The summed E-state index contributed by atoms with van der Waals surface area (Å²) in [5.74, 6) is -4.22. The Hall–Kier alpha value is -5.76. The van der Waals surface area contributed by atoms with Crippen LogP contribution in [-0.4, -0.2) is 28.7 Å². The first-order valence-corrected chi connectivity index (χ1v) is 17.0. The molecule has 0 bridgehead atoms. The average Bonchev–Trinajstić information content (AvgIpc) is 3.51. The number of hydrogen-bond acceptors (Lipinski definition) is 6. The number of allylic oxidation sites excluding steroid dienone is 2. The summed E-state index contributed by atoms with van der Waals surface area (Å²) < 4.78 is 6.00. The molecule has 250 valence electrons. The van der Waals surface area contributed by atoms with Crippen LogP contribution in [0.5, 0.6) is 11.5 Å². The van der Waals surface area contributed by atoms with Crippen LogP contribution in [0.15, 0.2) is 121 Å². The fraction of sp³-hybridized carbons (Fsp3) is 0.238. The lowest BCUT2D eigenvalue weighted by atomic mass is 9.51. The standard InChI is InChI=1S/C42H36N2O6/c1-3-25-14-16-28(17-15-25)43-38(46)32-21-20-30-33(36(32)40(43)48)23-34-39(47)44(27-12-8-5-9-13-27)41(49)42(34,2)37(30)31-19-18-29(22-35(31)45)50-24-26-10-6-4-7-11-26/h3-20,22,32-34,36-37,45H,1,21,23-24H2,2H3/t32-,33+,34-,36-,37+,42+/m0/s1. The second-order valence-corrected chi connectivity index (χ2v) is 13.8. The van der Waals surface area contributed by atoms with Crippen LogP contribution in [0.4, 0.5) is 11.4 Å². The molecule has 6 atom stereocenters. The summed E-state index contributed by atoms with van der Waals surface area (Å²) in [4.78, 5) is 59.8. The fourth-order valence-corrected chi connectivity index (χ4v) is 8.79. The molecular weight excluding hydrogens is 628 g/mol. The van der Waals surface area contributed by atoms with Gasteiger partial charge in [-0.1, -0.05) is 91.0 Å². The summed E-state index contributed by atoms with van der Waals surface area (Å²) in [6, 6.07) is 30.7. The summed E-state index contributed by atoms with van der Waals surface area (Å²) in [6.45, 7) is 5.91. The van der Waals surface area contributed by atoms with Crippen LogP contribution in [0.1, 0.15) is 42.4 Å². The molecule has 1 saturated carbocycles. The minimum absolute atomic E-state index is 0.0691. The maximum absolute atomic E-state index is 14.6. The molecule has 4 amide bonds. The van der Waals surface area contributed by atoms with E-state index in [9.17, 15) is 24.3 Å². The van der Waals surface area contributed by atoms with E-state index in [4.69, 9.17) is 4.74 Å². The van der Waals surface area contributed by atoms with E-state index in [2.05, 4.69) is 6.58 Å². The molecule has 2 aliphatic heterocycles. The lowest BCUT2D eigenvalue weighted by Crippen LogP contribution is -2.48. The van der Waals surface area contributed by atoms with Crippen molar-refractivity contribution in [3.63, 3.8) is 0 Å². The van der Waals surface area contributed by atoms with Gasteiger partial charge in [0.1, 0.15) is 18.1 Å². The Bertz CT molecular complexity index is 2070. The Morgan fingerprint density at radius 3 is 2.18 bits per heavy atom. The van der Waals surface area contributed by atoms with Crippen molar-refractivity contribution in [1.29, 1.82) is 0 Å². The molecule has 2 saturated heterocycles. The van der Waals surface area contributed by atoms with E-state index in [1.807, 2.05) is 61.5 Å². The van der Waals surface area contributed by atoms with Gasteiger partial charge in [0.05, 0.1) is 34.5 Å². The van der Waals surface area contributed by atoms with Crippen LogP contribution in [0.2, 0.25) is 0 Å². The first-order valence-electron chi connectivity index (χ1n) is 17.0. The van der Waals surface area contributed by atoms with Gasteiger partial charge in [-0.25, -0.2) is 4.90 Å². The lowest BCUT2D eigenvalue weighted by molar-refractivity contribution is -0.131. The van der Waals surface area contributed by atoms with Crippen LogP contribution < -0.4 is 14.5 Å². The molecule has 0 spiro atoms. The normalized spacial score (nSPS) is 27.1. The molecule has 8 heteroatoms. The van der Waals surface area contributed by atoms with Crippen LogP contribution >= 0.6 is 0 Å². The second-order valence-electron chi connectivity index (χ2n) is 13.8. The number of rotatable bonds is 7. The highest BCUT2D eigenvalue weighted by atomic mass is 16.5. The summed E-state index contributed by atoms with van der Waals surface area (Å²) in [5.41, 5.74) is 2.82. The van der Waals surface area contributed by atoms with Gasteiger partial charge in [-0.15, -0.1) is 0 Å². The first kappa shape index (κ1) is 31.5. The van der Waals surface area contributed by atoms with Crippen molar-refractivity contribution in [2.45, 2.75) is 32.3 Å². The highest BCUT2D eigenvalue weighted by Gasteiger charge is 2.68. The zero-order valence-electron chi connectivity index (χ0n) is 27.6. The van der Waals surface area contributed by atoms with Crippen molar-refractivity contribution >= 4 is 41.1 Å². The molecule has 3 fully saturated rings. The van der Waals surface area contributed by atoms with E-state index in [0.717, 1.165) is 16.7 Å². The number of para-hydroxylation sites is 1. The van der Waals surface area contributed by atoms with Crippen molar-refractivity contribution in [3.8, 4) is 11.5 Å². The van der Waals surface area contributed by atoms with Crippen molar-refractivity contribution in [2.75, 3.05) is 9.80 Å². The molecular formula is C42H36N2O6.